The Hall–Kier alpha value is -2.74. The van der Waals surface area contributed by atoms with Gasteiger partial charge in [-0.1, -0.05) is 0 Å². The maximum absolute atomic E-state index is 11.9. The molecule has 4 N–H and O–H groups in total. The maximum Gasteiger partial charge on any atom is 0.308 e. The third-order valence-electron chi connectivity index (χ3n) is 2.95. The summed E-state index contributed by atoms with van der Waals surface area (Å²) in [6.07, 6.45) is 1.13. The molecule has 3 rings (SSSR count). The van der Waals surface area contributed by atoms with Gasteiger partial charge in [-0.05, 0) is 17.5 Å². The Morgan fingerprint density at radius 2 is 2.29 bits per heavy atom. The van der Waals surface area contributed by atoms with E-state index < -0.39 is 17.9 Å². The predicted molar refractivity (Wildman–Crippen MR) is 79.2 cm³/mol. The predicted octanol–water partition coefficient (Wildman–Crippen LogP) is 1.26. The summed E-state index contributed by atoms with van der Waals surface area (Å²) in [5.41, 5.74) is 6.58. The summed E-state index contributed by atoms with van der Waals surface area (Å²) in [6, 6.07) is 3.74. The first-order valence-electron chi connectivity index (χ1n) is 5.98. The number of nitrogens with one attached hydrogen (secondary N) is 1. The Morgan fingerprint density at radius 3 is 3.00 bits per heavy atom. The van der Waals surface area contributed by atoms with Gasteiger partial charge in [0.25, 0.3) is 5.56 Å². The molecule has 0 fully saturated rings. The number of carbonyl (C=O) groups is 1. The molecule has 3 aromatic heterocycles. The first-order valence-corrected chi connectivity index (χ1v) is 6.86. The van der Waals surface area contributed by atoms with Gasteiger partial charge in [0.1, 0.15) is 11.6 Å². The van der Waals surface area contributed by atoms with Gasteiger partial charge < -0.3 is 15.8 Å². The first kappa shape index (κ1) is 13.3. The highest BCUT2D eigenvalue weighted by atomic mass is 32.1. The topological polar surface area (TPSA) is 122 Å². The van der Waals surface area contributed by atoms with Gasteiger partial charge in [0.15, 0.2) is 0 Å². The molecule has 3 heterocycles. The van der Waals surface area contributed by atoms with Crippen molar-refractivity contribution in [1.82, 2.24) is 15.0 Å². The Morgan fingerprint density at radius 1 is 1.48 bits per heavy atom. The monoisotopic (exact) mass is 302 g/mol. The van der Waals surface area contributed by atoms with Gasteiger partial charge in [-0.3, -0.25) is 14.6 Å². The van der Waals surface area contributed by atoms with Gasteiger partial charge in [-0.25, -0.2) is 4.98 Å². The van der Waals surface area contributed by atoms with Crippen molar-refractivity contribution in [1.29, 1.82) is 0 Å². The molecule has 0 aliphatic heterocycles. The van der Waals surface area contributed by atoms with Crippen LogP contribution in [0, 0.1) is 0 Å². The summed E-state index contributed by atoms with van der Waals surface area (Å²) >= 11 is 1.52. The Labute approximate surface area is 122 Å². The lowest BCUT2D eigenvalue weighted by molar-refractivity contribution is -0.136. The van der Waals surface area contributed by atoms with E-state index in [1.165, 1.54) is 11.3 Å². The highest BCUT2D eigenvalue weighted by Gasteiger charge is 2.14. The molecule has 0 aliphatic carbocycles. The van der Waals surface area contributed by atoms with E-state index in [1.807, 2.05) is 17.5 Å². The molecule has 0 saturated heterocycles. The lowest BCUT2D eigenvalue weighted by atomic mass is 10.2. The van der Waals surface area contributed by atoms with E-state index in [-0.39, 0.29) is 17.2 Å². The number of nitrogen functional groups attached to an aromatic ring is 1. The molecule has 106 valence electrons. The van der Waals surface area contributed by atoms with Crippen molar-refractivity contribution >= 4 is 33.3 Å². The number of thiophene rings is 1. The van der Waals surface area contributed by atoms with Crippen molar-refractivity contribution in [3.05, 3.63) is 39.6 Å². The second-order valence-electron chi connectivity index (χ2n) is 4.38. The lowest BCUT2D eigenvalue weighted by Gasteiger charge is -2.05. The van der Waals surface area contributed by atoms with Crippen molar-refractivity contribution in [2.75, 3.05) is 5.73 Å². The fraction of sp³-hybridized carbons (Fsp3) is 0.0769. The molecule has 0 atom stereocenters. The van der Waals surface area contributed by atoms with Gasteiger partial charge in [0.2, 0.25) is 0 Å². The summed E-state index contributed by atoms with van der Waals surface area (Å²) in [6.45, 7) is 0. The van der Waals surface area contributed by atoms with Crippen LogP contribution in [0.15, 0.2) is 28.5 Å². The number of aromatic nitrogens is 3. The zero-order valence-electron chi connectivity index (χ0n) is 10.7. The average Bonchev–Trinajstić information content (AvgIpc) is 2.89. The van der Waals surface area contributed by atoms with Crippen LogP contribution in [0.3, 0.4) is 0 Å². The third-order valence-corrected chi connectivity index (χ3v) is 3.80. The van der Waals surface area contributed by atoms with E-state index in [0.29, 0.717) is 5.56 Å². The van der Waals surface area contributed by atoms with Crippen molar-refractivity contribution in [2.24, 2.45) is 0 Å². The minimum Gasteiger partial charge on any atom is -0.481 e. The molecular weight excluding hydrogens is 292 g/mol. The van der Waals surface area contributed by atoms with Gasteiger partial charge in [-0.2, -0.15) is 0 Å². The van der Waals surface area contributed by atoms with Crippen LogP contribution < -0.4 is 11.3 Å². The fourth-order valence-electron chi connectivity index (χ4n) is 1.95. The Balaban J connectivity index is 2.10. The minimum absolute atomic E-state index is 0.0450. The van der Waals surface area contributed by atoms with Crippen molar-refractivity contribution < 1.29 is 9.90 Å². The van der Waals surface area contributed by atoms with Gasteiger partial charge in [0.05, 0.1) is 22.2 Å². The second-order valence-corrected chi connectivity index (χ2v) is 5.32. The molecule has 0 amide bonds. The number of carboxylic acids is 1. The summed E-state index contributed by atoms with van der Waals surface area (Å²) in [5, 5.41) is 10.7. The number of hydrogen-bond acceptors (Lipinski definition) is 6. The van der Waals surface area contributed by atoms with E-state index in [9.17, 15) is 9.59 Å². The molecule has 21 heavy (non-hydrogen) atoms. The Bertz CT molecular complexity index is 900. The van der Waals surface area contributed by atoms with Crippen molar-refractivity contribution in [2.45, 2.75) is 6.42 Å². The summed E-state index contributed by atoms with van der Waals surface area (Å²) < 4.78 is 0.961. The fourth-order valence-corrected chi connectivity index (χ4v) is 2.73. The van der Waals surface area contributed by atoms with Crippen LogP contribution in [0.4, 0.5) is 5.82 Å². The minimum atomic E-state index is -1.14. The number of H-pyrrole nitrogens is 1. The maximum atomic E-state index is 11.9. The Kier molecular flexibility index (Phi) is 3.15. The van der Waals surface area contributed by atoms with E-state index >= 15 is 0 Å². The second kappa shape index (κ2) is 4.98. The zero-order chi connectivity index (χ0) is 15.0. The quantitative estimate of drug-likeness (QED) is 0.669. The molecule has 8 heteroatoms. The van der Waals surface area contributed by atoms with E-state index in [0.717, 1.165) is 10.2 Å². The van der Waals surface area contributed by atoms with Crippen LogP contribution in [0.5, 0.6) is 0 Å². The number of rotatable bonds is 3. The van der Waals surface area contributed by atoms with E-state index in [2.05, 4.69) is 15.0 Å². The van der Waals surface area contributed by atoms with Crippen molar-refractivity contribution in [3.63, 3.8) is 0 Å². The largest absolute Gasteiger partial charge is 0.481 e. The molecule has 0 bridgehead atoms. The molecule has 0 aromatic carbocycles. The number of anilines is 1. The lowest BCUT2D eigenvalue weighted by Crippen LogP contribution is -2.21. The van der Waals surface area contributed by atoms with Gasteiger partial charge >= 0.3 is 5.97 Å². The SMILES string of the molecule is Nc1nc(-c2cnc3ccsc3c2)[nH]c(=O)c1CC(=O)O. The molecule has 0 radical (unpaired) electrons. The first-order chi connectivity index (χ1) is 10.0. The molecule has 3 aromatic rings. The number of nitrogens with two attached hydrogens (primary N) is 1. The smallest absolute Gasteiger partial charge is 0.308 e. The molecule has 7 nitrogen and oxygen atoms in total. The van der Waals surface area contributed by atoms with E-state index in [4.69, 9.17) is 10.8 Å². The molecular formula is C13H10N4O3S. The number of aliphatic carboxylic acids is 1. The number of carboxylic acid groups (broad SMARTS) is 1. The molecule has 0 unspecified atom stereocenters. The van der Waals surface area contributed by atoms with Crippen LogP contribution >= 0.6 is 11.3 Å². The average molecular weight is 302 g/mol. The number of nitrogens with zero attached hydrogens (tertiary/aromatic N) is 2. The highest BCUT2D eigenvalue weighted by Crippen LogP contribution is 2.24. The van der Waals surface area contributed by atoms with Crippen molar-refractivity contribution in [3.8, 4) is 11.4 Å². The summed E-state index contributed by atoms with van der Waals surface area (Å²) in [4.78, 5) is 33.5. The van der Waals surface area contributed by atoms with Crippen LogP contribution in [0.2, 0.25) is 0 Å². The number of hydrogen-bond donors (Lipinski definition) is 3. The van der Waals surface area contributed by atoms with E-state index in [1.54, 1.807) is 6.20 Å². The van der Waals surface area contributed by atoms with Crippen LogP contribution in [0.1, 0.15) is 5.56 Å². The summed E-state index contributed by atoms with van der Waals surface area (Å²) in [5.74, 6) is -0.944. The van der Waals surface area contributed by atoms with Crippen LogP contribution in [-0.2, 0) is 11.2 Å². The standard InChI is InChI=1S/C13H10N4O3S/c14-11-7(4-10(18)19)13(20)17-12(16-11)6-3-9-8(15-5-6)1-2-21-9/h1-3,5H,4H2,(H,18,19)(H3,14,16,17,20). The summed E-state index contributed by atoms with van der Waals surface area (Å²) in [7, 11) is 0. The number of pyridine rings is 1. The highest BCUT2D eigenvalue weighted by molar-refractivity contribution is 7.17. The zero-order valence-corrected chi connectivity index (χ0v) is 11.5. The molecule has 0 aliphatic rings. The van der Waals surface area contributed by atoms with Crippen LogP contribution in [0.25, 0.3) is 21.6 Å². The van der Waals surface area contributed by atoms with Gasteiger partial charge in [-0.15, -0.1) is 11.3 Å². The third kappa shape index (κ3) is 2.48. The molecule has 0 spiro atoms. The normalized spacial score (nSPS) is 10.9. The number of aromatic amines is 1. The van der Waals surface area contributed by atoms with Crippen LogP contribution in [-0.4, -0.2) is 26.0 Å². The molecule has 0 saturated carbocycles. The number of fused-ring (bicyclic) bond motifs is 1. The van der Waals surface area contributed by atoms with Gasteiger partial charge in [0, 0.05) is 11.8 Å².